The summed E-state index contributed by atoms with van der Waals surface area (Å²) in [6.45, 7) is 1.95. The van der Waals surface area contributed by atoms with Crippen LogP contribution in [0.5, 0.6) is 5.75 Å². The Morgan fingerprint density at radius 1 is 1.00 bits per heavy atom. The number of aryl methyl sites for hydroxylation is 1. The first-order valence-electron chi connectivity index (χ1n) is 7.94. The summed E-state index contributed by atoms with van der Waals surface area (Å²) in [5.74, 6) is 0.271. The van der Waals surface area contributed by atoms with E-state index in [0.29, 0.717) is 28.6 Å². The third-order valence-corrected chi connectivity index (χ3v) is 3.93. The Bertz CT molecular complexity index is 765. The van der Waals surface area contributed by atoms with Gasteiger partial charge >= 0.3 is 0 Å². The van der Waals surface area contributed by atoms with E-state index in [1.54, 1.807) is 31.4 Å². The van der Waals surface area contributed by atoms with Gasteiger partial charge in [0.1, 0.15) is 5.75 Å². The van der Waals surface area contributed by atoms with Crippen molar-refractivity contribution in [3.8, 4) is 5.75 Å². The van der Waals surface area contributed by atoms with Crippen LogP contribution in [0.25, 0.3) is 0 Å². The molecule has 0 heterocycles. The summed E-state index contributed by atoms with van der Waals surface area (Å²) in [6.07, 6.45) is 2.09. The molecular formula is C19H20N2O3. The number of methoxy groups -OCH3 is 1. The largest absolute Gasteiger partial charge is 0.495 e. The average molecular weight is 324 g/mol. The number of anilines is 1. The van der Waals surface area contributed by atoms with E-state index in [1.807, 2.05) is 25.1 Å². The number of rotatable bonds is 5. The smallest absolute Gasteiger partial charge is 0.255 e. The maximum Gasteiger partial charge on any atom is 0.255 e. The van der Waals surface area contributed by atoms with Crippen LogP contribution < -0.4 is 15.4 Å². The monoisotopic (exact) mass is 324 g/mol. The molecule has 0 radical (unpaired) electrons. The number of benzene rings is 2. The third kappa shape index (κ3) is 3.74. The molecule has 1 fully saturated rings. The molecule has 0 unspecified atom stereocenters. The maximum atomic E-state index is 12.4. The molecular weight excluding hydrogens is 304 g/mol. The molecule has 0 spiro atoms. The van der Waals surface area contributed by atoms with E-state index in [-0.39, 0.29) is 11.8 Å². The molecule has 0 saturated heterocycles. The number of hydrogen-bond acceptors (Lipinski definition) is 3. The highest BCUT2D eigenvalue weighted by atomic mass is 16.5. The fourth-order valence-corrected chi connectivity index (χ4v) is 2.38. The first-order chi connectivity index (χ1) is 11.6. The van der Waals surface area contributed by atoms with Crippen molar-refractivity contribution >= 4 is 17.5 Å². The topological polar surface area (TPSA) is 67.4 Å². The average Bonchev–Trinajstić information content (AvgIpc) is 3.39. The Hall–Kier alpha value is -2.82. The number of ether oxygens (including phenoxy) is 1. The second-order valence-corrected chi connectivity index (χ2v) is 5.98. The summed E-state index contributed by atoms with van der Waals surface area (Å²) >= 11 is 0. The van der Waals surface area contributed by atoms with Crippen LogP contribution in [0.1, 0.15) is 39.1 Å². The standard InChI is InChI=1S/C19H20N2O3/c1-12-3-10-17(24-2)16(11-12)21-19(23)14-6-4-13(5-7-14)18(22)20-15-8-9-15/h3-7,10-11,15H,8-9H2,1-2H3,(H,20,22)(H,21,23). The van der Waals surface area contributed by atoms with Crippen molar-refractivity contribution in [3.63, 3.8) is 0 Å². The highest BCUT2D eigenvalue weighted by Gasteiger charge is 2.23. The van der Waals surface area contributed by atoms with Gasteiger partial charge in [-0.1, -0.05) is 6.07 Å². The number of amides is 2. The van der Waals surface area contributed by atoms with Crippen molar-refractivity contribution < 1.29 is 14.3 Å². The molecule has 24 heavy (non-hydrogen) atoms. The van der Waals surface area contributed by atoms with Crippen molar-refractivity contribution in [2.24, 2.45) is 0 Å². The fraction of sp³-hybridized carbons (Fsp3) is 0.263. The Kier molecular flexibility index (Phi) is 4.51. The molecule has 5 heteroatoms. The lowest BCUT2D eigenvalue weighted by Crippen LogP contribution is -2.25. The zero-order valence-electron chi connectivity index (χ0n) is 13.8. The van der Waals surface area contributed by atoms with Crippen molar-refractivity contribution in [2.45, 2.75) is 25.8 Å². The number of nitrogens with one attached hydrogen (secondary N) is 2. The van der Waals surface area contributed by atoms with E-state index in [9.17, 15) is 9.59 Å². The third-order valence-electron chi connectivity index (χ3n) is 3.93. The lowest BCUT2D eigenvalue weighted by Gasteiger charge is -2.11. The van der Waals surface area contributed by atoms with Gasteiger partial charge in [-0.15, -0.1) is 0 Å². The Labute approximate surface area is 141 Å². The van der Waals surface area contributed by atoms with Crippen LogP contribution in [0.4, 0.5) is 5.69 Å². The number of hydrogen-bond donors (Lipinski definition) is 2. The first-order valence-corrected chi connectivity index (χ1v) is 7.94. The summed E-state index contributed by atoms with van der Waals surface area (Å²) in [4.78, 5) is 24.4. The van der Waals surface area contributed by atoms with Crippen LogP contribution in [-0.4, -0.2) is 25.0 Å². The zero-order valence-corrected chi connectivity index (χ0v) is 13.8. The van der Waals surface area contributed by atoms with Crippen molar-refractivity contribution in [2.75, 3.05) is 12.4 Å². The lowest BCUT2D eigenvalue weighted by molar-refractivity contribution is 0.0949. The van der Waals surface area contributed by atoms with Gasteiger partial charge in [-0.2, -0.15) is 0 Å². The van der Waals surface area contributed by atoms with Gasteiger partial charge in [-0.3, -0.25) is 9.59 Å². The van der Waals surface area contributed by atoms with Gasteiger partial charge in [-0.25, -0.2) is 0 Å². The van der Waals surface area contributed by atoms with E-state index in [4.69, 9.17) is 4.74 Å². The van der Waals surface area contributed by atoms with Gasteiger partial charge < -0.3 is 15.4 Å². The highest BCUT2D eigenvalue weighted by molar-refractivity contribution is 6.05. The second-order valence-electron chi connectivity index (χ2n) is 5.98. The van der Waals surface area contributed by atoms with E-state index in [1.165, 1.54) is 0 Å². The molecule has 1 saturated carbocycles. The number of carbonyl (C=O) groups excluding carboxylic acids is 2. The summed E-state index contributed by atoms with van der Waals surface area (Å²) in [5, 5.41) is 5.77. The predicted octanol–water partition coefficient (Wildman–Crippen LogP) is 3.15. The number of carbonyl (C=O) groups is 2. The van der Waals surface area contributed by atoms with Crippen LogP contribution in [0.2, 0.25) is 0 Å². The molecule has 0 bridgehead atoms. The molecule has 2 aromatic carbocycles. The minimum absolute atomic E-state index is 0.0928. The van der Waals surface area contributed by atoms with Crippen molar-refractivity contribution in [1.82, 2.24) is 5.32 Å². The van der Waals surface area contributed by atoms with Crippen LogP contribution in [0.15, 0.2) is 42.5 Å². The van der Waals surface area contributed by atoms with Gasteiger partial charge in [0.2, 0.25) is 0 Å². The van der Waals surface area contributed by atoms with Gasteiger partial charge in [0.15, 0.2) is 0 Å². The summed E-state index contributed by atoms with van der Waals surface area (Å²) < 4.78 is 5.26. The second kappa shape index (κ2) is 6.74. The molecule has 3 rings (SSSR count). The molecule has 0 aliphatic heterocycles. The predicted molar refractivity (Wildman–Crippen MR) is 92.6 cm³/mol. The van der Waals surface area contributed by atoms with E-state index in [0.717, 1.165) is 18.4 Å². The molecule has 2 amide bonds. The molecule has 1 aliphatic carbocycles. The summed E-state index contributed by atoms with van der Waals surface area (Å²) in [5.41, 5.74) is 2.70. The lowest BCUT2D eigenvalue weighted by atomic mass is 10.1. The quantitative estimate of drug-likeness (QED) is 0.888. The molecule has 1 aliphatic rings. The molecule has 2 aromatic rings. The Morgan fingerprint density at radius 2 is 1.62 bits per heavy atom. The van der Waals surface area contributed by atoms with Crippen LogP contribution in [-0.2, 0) is 0 Å². The highest BCUT2D eigenvalue weighted by Crippen LogP contribution is 2.26. The van der Waals surface area contributed by atoms with Crippen LogP contribution in [0.3, 0.4) is 0 Å². The zero-order chi connectivity index (χ0) is 17.1. The molecule has 0 aromatic heterocycles. The van der Waals surface area contributed by atoms with E-state index in [2.05, 4.69) is 10.6 Å². The minimum atomic E-state index is -0.243. The fourth-order valence-electron chi connectivity index (χ4n) is 2.38. The van der Waals surface area contributed by atoms with Crippen molar-refractivity contribution in [1.29, 1.82) is 0 Å². The first kappa shape index (κ1) is 16.1. The summed E-state index contributed by atoms with van der Waals surface area (Å²) in [6, 6.07) is 12.5. The maximum absolute atomic E-state index is 12.4. The van der Waals surface area contributed by atoms with E-state index < -0.39 is 0 Å². The molecule has 2 N–H and O–H groups in total. The van der Waals surface area contributed by atoms with Gasteiger partial charge in [0.25, 0.3) is 11.8 Å². The van der Waals surface area contributed by atoms with Crippen LogP contribution >= 0.6 is 0 Å². The molecule has 5 nitrogen and oxygen atoms in total. The molecule has 0 atom stereocenters. The Morgan fingerprint density at radius 3 is 2.21 bits per heavy atom. The minimum Gasteiger partial charge on any atom is -0.495 e. The van der Waals surface area contributed by atoms with Crippen molar-refractivity contribution in [3.05, 3.63) is 59.2 Å². The van der Waals surface area contributed by atoms with Crippen LogP contribution in [0, 0.1) is 6.92 Å². The molecule has 124 valence electrons. The normalized spacial score (nSPS) is 13.2. The Balaban J connectivity index is 1.71. The SMILES string of the molecule is COc1ccc(C)cc1NC(=O)c1ccc(C(=O)NC2CC2)cc1. The summed E-state index contributed by atoms with van der Waals surface area (Å²) in [7, 11) is 1.56. The van der Waals surface area contributed by atoms with E-state index >= 15 is 0 Å². The van der Waals surface area contributed by atoms with Gasteiger partial charge in [0, 0.05) is 17.2 Å². The van der Waals surface area contributed by atoms with Gasteiger partial charge in [0.05, 0.1) is 12.8 Å². The van der Waals surface area contributed by atoms with Gasteiger partial charge in [-0.05, 0) is 61.7 Å².